The number of rotatable bonds is 5. The smallest absolute Gasteiger partial charge is 0.252 e. The van der Waals surface area contributed by atoms with Gasteiger partial charge >= 0.3 is 0 Å². The first kappa shape index (κ1) is 16.5. The Balaban J connectivity index is 1.70. The van der Waals surface area contributed by atoms with Gasteiger partial charge in [0.15, 0.2) is 0 Å². The van der Waals surface area contributed by atoms with Crippen LogP contribution < -0.4 is 5.32 Å². The molecule has 1 N–H and O–H groups in total. The first-order valence-electron chi connectivity index (χ1n) is 7.81. The minimum absolute atomic E-state index is 0.00264. The van der Waals surface area contributed by atoms with E-state index in [-0.39, 0.29) is 5.91 Å². The van der Waals surface area contributed by atoms with Crippen LogP contribution in [0.4, 0.5) is 0 Å². The van der Waals surface area contributed by atoms with Crippen molar-refractivity contribution >= 4 is 21.8 Å². The van der Waals surface area contributed by atoms with Crippen molar-refractivity contribution in [3.05, 3.63) is 34.3 Å². The van der Waals surface area contributed by atoms with Gasteiger partial charge in [-0.1, -0.05) is 26.0 Å². The lowest BCUT2D eigenvalue weighted by Crippen LogP contribution is -2.40. The van der Waals surface area contributed by atoms with Gasteiger partial charge in [0, 0.05) is 24.1 Å². The van der Waals surface area contributed by atoms with E-state index in [1.807, 2.05) is 24.3 Å². The molecule has 1 aromatic rings. The Morgan fingerprint density at radius 2 is 1.95 bits per heavy atom. The molecule has 1 aliphatic rings. The van der Waals surface area contributed by atoms with E-state index >= 15 is 0 Å². The summed E-state index contributed by atoms with van der Waals surface area (Å²) < 4.78 is 0.848. The Kier molecular flexibility index (Phi) is 6.24. The molecule has 1 heterocycles. The number of nitrogens with one attached hydrogen (secondary N) is 1. The Bertz CT molecular complexity index is 468. The van der Waals surface area contributed by atoms with E-state index < -0.39 is 0 Å². The van der Waals surface area contributed by atoms with Crippen LogP contribution in [0.2, 0.25) is 0 Å². The summed E-state index contributed by atoms with van der Waals surface area (Å²) in [6, 6.07) is 7.54. The summed E-state index contributed by atoms with van der Waals surface area (Å²) in [6.07, 6.45) is 2.35. The maximum atomic E-state index is 12.1. The third-order valence-corrected chi connectivity index (χ3v) is 4.69. The summed E-state index contributed by atoms with van der Waals surface area (Å²) in [7, 11) is 0. The molecule has 0 spiro atoms. The lowest BCUT2D eigenvalue weighted by Gasteiger charge is -2.34. The van der Waals surface area contributed by atoms with Gasteiger partial charge in [0.05, 0.1) is 5.56 Å². The van der Waals surface area contributed by atoms with Crippen molar-refractivity contribution < 1.29 is 4.79 Å². The normalized spacial score (nSPS) is 23.0. The van der Waals surface area contributed by atoms with Gasteiger partial charge in [-0.2, -0.15) is 0 Å². The van der Waals surface area contributed by atoms with Crippen LogP contribution in [0.1, 0.15) is 37.0 Å². The van der Waals surface area contributed by atoms with E-state index in [1.165, 1.54) is 19.5 Å². The monoisotopic (exact) mass is 352 g/mol. The van der Waals surface area contributed by atoms with Crippen LogP contribution in [0, 0.1) is 11.8 Å². The number of piperidine rings is 1. The van der Waals surface area contributed by atoms with Crippen LogP contribution in [0.15, 0.2) is 28.7 Å². The molecular formula is C17H25BrN2O. The minimum atomic E-state index is 0.00264. The lowest BCUT2D eigenvalue weighted by molar-refractivity contribution is 0.0946. The molecule has 4 heteroatoms. The third kappa shape index (κ3) is 5.11. The van der Waals surface area contributed by atoms with Gasteiger partial charge in [-0.15, -0.1) is 0 Å². The Labute approximate surface area is 136 Å². The number of carbonyl (C=O) groups is 1. The van der Waals surface area contributed by atoms with Gasteiger partial charge in [0.2, 0.25) is 0 Å². The summed E-state index contributed by atoms with van der Waals surface area (Å²) in [5.41, 5.74) is 0.706. The molecule has 0 radical (unpaired) electrons. The fraction of sp³-hybridized carbons (Fsp3) is 0.588. The van der Waals surface area contributed by atoms with Crippen molar-refractivity contribution in [3.8, 4) is 0 Å². The number of amides is 1. The third-order valence-electron chi connectivity index (χ3n) is 4.00. The number of nitrogens with zero attached hydrogens (tertiary/aromatic N) is 1. The molecule has 0 aliphatic carbocycles. The molecule has 1 amide bonds. The predicted molar refractivity (Wildman–Crippen MR) is 90.5 cm³/mol. The fourth-order valence-corrected chi connectivity index (χ4v) is 3.68. The maximum Gasteiger partial charge on any atom is 0.252 e. The lowest BCUT2D eigenvalue weighted by atomic mass is 9.92. The molecule has 0 saturated carbocycles. The Hall–Kier alpha value is -0.870. The highest BCUT2D eigenvalue weighted by atomic mass is 79.9. The second-order valence-electron chi connectivity index (χ2n) is 6.29. The molecule has 2 rings (SSSR count). The molecule has 0 bridgehead atoms. The van der Waals surface area contributed by atoms with Crippen molar-refractivity contribution in [2.24, 2.45) is 11.8 Å². The van der Waals surface area contributed by atoms with E-state index in [1.54, 1.807) is 0 Å². The summed E-state index contributed by atoms with van der Waals surface area (Å²) in [5, 5.41) is 3.01. The van der Waals surface area contributed by atoms with Crippen molar-refractivity contribution in [2.45, 2.75) is 26.7 Å². The molecule has 1 aliphatic heterocycles. The van der Waals surface area contributed by atoms with Crippen molar-refractivity contribution in [2.75, 3.05) is 26.2 Å². The summed E-state index contributed by atoms with van der Waals surface area (Å²) in [6.45, 7) is 8.87. The molecule has 21 heavy (non-hydrogen) atoms. The van der Waals surface area contributed by atoms with Gasteiger partial charge in [0.1, 0.15) is 0 Å². The molecule has 1 fully saturated rings. The van der Waals surface area contributed by atoms with Crippen molar-refractivity contribution in [3.63, 3.8) is 0 Å². The zero-order valence-corrected chi connectivity index (χ0v) is 14.5. The molecule has 1 aromatic carbocycles. The van der Waals surface area contributed by atoms with E-state index in [0.29, 0.717) is 5.56 Å². The summed E-state index contributed by atoms with van der Waals surface area (Å²) in [4.78, 5) is 14.6. The van der Waals surface area contributed by atoms with Crippen molar-refractivity contribution in [1.82, 2.24) is 10.2 Å². The zero-order chi connectivity index (χ0) is 15.2. The van der Waals surface area contributed by atoms with Crippen LogP contribution in [0.25, 0.3) is 0 Å². The highest BCUT2D eigenvalue weighted by Gasteiger charge is 2.21. The van der Waals surface area contributed by atoms with Gasteiger partial charge < -0.3 is 10.2 Å². The molecular weight excluding hydrogens is 328 g/mol. The second kappa shape index (κ2) is 7.95. The largest absolute Gasteiger partial charge is 0.352 e. The Morgan fingerprint density at radius 3 is 2.62 bits per heavy atom. The average molecular weight is 353 g/mol. The average Bonchev–Trinajstić information content (AvgIpc) is 2.43. The number of hydrogen-bond acceptors (Lipinski definition) is 2. The standard InChI is InChI=1S/C17H25BrN2O/c1-13-10-14(2)12-20(11-13)9-5-8-19-17(21)15-6-3-4-7-16(15)18/h3-4,6-7,13-14H,5,8-12H2,1-2H3,(H,19,21)/t13-,14-/m1/s1. The second-order valence-corrected chi connectivity index (χ2v) is 7.15. The predicted octanol–water partition coefficient (Wildman–Crippen LogP) is 3.55. The SMILES string of the molecule is C[C@@H]1C[C@@H](C)CN(CCCNC(=O)c2ccccc2Br)C1. The van der Waals surface area contributed by atoms with E-state index in [2.05, 4.69) is 40.0 Å². The molecule has 116 valence electrons. The number of hydrogen-bond donors (Lipinski definition) is 1. The van der Waals surface area contributed by atoms with Crippen LogP contribution in [0.5, 0.6) is 0 Å². The molecule has 0 aromatic heterocycles. The first-order valence-corrected chi connectivity index (χ1v) is 8.60. The summed E-state index contributed by atoms with van der Waals surface area (Å²) in [5.74, 6) is 1.59. The molecule has 1 saturated heterocycles. The zero-order valence-electron chi connectivity index (χ0n) is 12.9. The number of carbonyl (C=O) groups excluding carboxylic acids is 1. The topological polar surface area (TPSA) is 32.3 Å². The maximum absolute atomic E-state index is 12.1. The Morgan fingerprint density at radius 1 is 1.29 bits per heavy atom. The molecule has 3 nitrogen and oxygen atoms in total. The van der Waals surface area contributed by atoms with Crippen LogP contribution in [-0.4, -0.2) is 37.0 Å². The number of halogens is 1. The summed E-state index contributed by atoms with van der Waals surface area (Å²) >= 11 is 3.41. The van der Waals surface area contributed by atoms with E-state index in [0.717, 1.165) is 35.8 Å². The number of likely N-dealkylation sites (tertiary alicyclic amines) is 1. The van der Waals surface area contributed by atoms with E-state index in [4.69, 9.17) is 0 Å². The van der Waals surface area contributed by atoms with Crippen LogP contribution in [0.3, 0.4) is 0 Å². The first-order chi connectivity index (χ1) is 10.1. The van der Waals surface area contributed by atoms with Gasteiger partial charge in [0.25, 0.3) is 5.91 Å². The number of benzene rings is 1. The highest BCUT2D eigenvalue weighted by molar-refractivity contribution is 9.10. The molecule has 0 unspecified atom stereocenters. The van der Waals surface area contributed by atoms with E-state index in [9.17, 15) is 4.79 Å². The van der Waals surface area contributed by atoms with Crippen LogP contribution in [-0.2, 0) is 0 Å². The highest BCUT2D eigenvalue weighted by Crippen LogP contribution is 2.20. The molecule has 2 atom stereocenters. The fourth-order valence-electron chi connectivity index (χ4n) is 3.22. The van der Waals surface area contributed by atoms with Crippen molar-refractivity contribution in [1.29, 1.82) is 0 Å². The minimum Gasteiger partial charge on any atom is -0.352 e. The van der Waals surface area contributed by atoms with Crippen LogP contribution >= 0.6 is 15.9 Å². The van der Waals surface area contributed by atoms with Gasteiger partial charge in [-0.25, -0.2) is 0 Å². The van der Waals surface area contributed by atoms with Gasteiger partial charge in [-0.05, 0) is 59.3 Å². The quantitative estimate of drug-likeness (QED) is 0.821. The van der Waals surface area contributed by atoms with Gasteiger partial charge in [-0.3, -0.25) is 4.79 Å².